The van der Waals surface area contributed by atoms with Crippen molar-refractivity contribution in [3.05, 3.63) is 35.9 Å². The van der Waals surface area contributed by atoms with E-state index in [1.165, 1.54) is 0 Å². The van der Waals surface area contributed by atoms with Crippen molar-refractivity contribution in [2.45, 2.75) is 62.7 Å². The van der Waals surface area contributed by atoms with Crippen molar-refractivity contribution < 1.29 is 29.1 Å². The topological polar surface area (TPSA) is 294 Å². The lowest BCUT2D eigenvalue weighted by Crippen LogP contribution is -2.57. The zero-order valence-corrected chi connectivity index (χ0v) is 23.6. The average molecular weight is 593 g/mol. The number of nitrogens with one attached hydrogen (secondary N) is 6. The number of guanidine groups is 1. The summed E-state index contributed by atoms with van der Waals surface area (Å²) in [5.41, 5.74) is 22.4. The maximum absolute atomic E-state index is 13.4. The number of aliphatic hydroxyl groups excluding tert-OH is 1. The number of hydrogen-bond donors (Lipinski definition) is 11. The van der Waals surface area contributed by atoms with E-state index in [-0.39, 0.29) is 31.8 Å². The number of amides is 5. The fraction of sp³-hybridized carbons (Fsp3) is 0.538. The lowest BCUT2D eigenvalue weighted by Gasteiger charge is -2.25. The first-order chi connectivity index (χ1) is 20.0. The lowest BCUT2D eigenvalue weighted by molar-refractivity contribution is -0.133. The van der Waals surface area contributed by atoms with E-state index < -0.39 is 66.9 Å². The molecule has 0 aliphatic rings. The highest BCUT2D eigenvalue weighted by Crippen LogP contribution is 2.07. The normalized spacial score (nSPS) is 13.5. The third-order valence-electron chi connectivity index (χ3n) is 6.12. The van der Waals surface area contributed by atoms with E-state index >= 15 is 0 Å². The van der Waals surface area contributed by atoms with Crippen LogP contribution < -0.4 is 49.5 Å². The van der Waals surface area contributed by atoms with Crippen molar-refractivity contribution in [1.29, 1.82) is 5.41 Å². The van der Waals surface area contributed by atoms with Gasteiger partial charge in [0, 0.05) is 13.0 Å². The molecule has 16 heteroatoms. The van der Waals surface area contributed by atoms with Crippen LogP contribution in [0.5, 0.6) is 0 Å². The summed E-state index contributed by atoms with van der Waals surface area (Å²) >= 11 is 0. The van der Waals surface area contributed by atoms with Crippen molar-refractivity contribution in [2.75, 3.05) is 26.2 Å². The van der Waals surface area contributed by atoms with Crippen molar-refractivity contribution in [1.82, 2.24) is 26.6 Å². The van der Waals surface area contributed by atoms with Crippen LogP contribution in [0.25, 0.3) is 0 Å². The maximum Gasteiger partial charge on any atom is 0.243 e. The molecule has 42 heavy (non-hydrogen) atoms. The Kier molecular flexibility index (Phi) is 16.8. The fourth-order valence-electron chi connectivity index (χ4n) is 3.81. The predicted octanol–water partition coefficient (Wildman–Crippen LogP) is -4.00. The van der Waals surface area contributed by atoms with Crippen LogP contribution in [0.3, 0.4) is 0 Å². The number of benzene rings is 1. The molecule has 0 spiro atoms. The molecule has 5 amide bonds. The molecular weight excluding hydrogens is 548 g/mol. The molecule has 0 heterocycles. The smallest absolute Gasteiger partial charge is 0.243 e. The van der Waals surface area contributed by atoms with Gasteiger partial charge in [0.15, 0.2) is 5.96 Å². The molecule has 0 aliphatic heterocycles. The summed E-state index contributed by atoms with van der Waals surface area (Å²) < 4.78 is 0. The van der Waals surface area contributed by atoms with Gasteiger partial charge in [-0.25, -0.2) is 0 Å². The van der Waals surface area contributed by atoms with Crippen LogP contribution in [0.1, 0.15) is 37.7 Å². The van der Waals surface area contributed by atoms with Gasteiger partial charge in [-0.05, 0) is 44.2 Å². The minimum absolute atomic E-state index is 0.0613. The highest BCUT2D eigenvalue weighted by molar-refractivity contribution is 5.95. The number of hydrogen-bond acceptors (Lipinski definition) is 9. The van der Waals surface area contributed by atoms with Gasteiger partial charge in [-0.1, -0.05) is 30.3 Å². The third kappa shape index (κ3) is 14.4. The number of unbranched alkanes of at least 4 members (excludes halogenated alkanes) is 1. The number of aliphatic hydroxyl groups is 1. The van der Waals surface area contributed by atoms with Crippen molar-refractivity contribution >= 4 is 35.5 Å². The summed E-state index contributed by atoms with van der Waals surface area (Å²) in [6, 6.07) is 4.35. The molecular formula is C26H44N10O6. The second kappa shape index (κ2) is 19.7. The Morgan fingerprint density at radius 3 is 2.02 bits per heavy atom. The molecule has 1 aromatic rings. The average Bonchev–Trinajstić information content (AvgIpc) is 2.96. The predicted molar refractivity (Wildman–Crippen MR) is 155 cm³/mol. The first-order valence-electron chi connectivity index (χ1n) is 13.6. The summed E-state index contributed by atoms with van der Waals surface area (Å²) in [6.45, 7) is -0.464. The SMILES string of the molecule is N=C(N)NCCC[C@H](NC(=O)[C@H](Cc1ccccc1)NC(=O)CNC(=O)[C@@H](N)CO)C(=O)N[C@@H](CCCCN)C(N)=O. The van der Waals surface area contributed by atoms with Gasteiger partial charge in [0.1, 0.15) is 24.2 Å². The van der Waals surface area contributed by atoms with Gasteiger partial charge in [0.05, 0.1) is 13.2 Å². The number of carbonyl (C=O) groups excluding carboxylic acids is 5. The monoisotopic (exact) mass is 592 g/mol. The molecule has 234 valence electrons. The van der Waals surface area contributed by atoms with E-state index in [1.54, 1.807) is 30.3 Å². The summed E-state index contributed by atoms with van der Waals surface area (Å²) in [5.74, 6) is -3.79. The standard InChI is InChI=1S/C26H44N10O6/c27-11-5-4-9-18(22(29)39)35-24(41)19(10-6-12-32-26(30)31)36-25(42)20(13-16-7-2-1-3-8-16)34-21(38)14-33-23(40)17(28)15-37/h1-3,7-8,17-20,37H,4-6,9-15,27-28H2,(H2,29,39)(H,33,40)(H,34,38)(H,35,41)(H,36,42)(H4,30,31,32)/t17-,18-,19-,20-/m0/s1. The summed E-state index contributed by atoms with van der Waals surface area (Å²) in [5, 5.41) is 29.0. The van der Waals surface area contributed by atoms with Gasteiger partial charge in [0.2, 0.25) is 29.5 Å². The molecule has 0 saturated carbocycles. The van der Waals surface area contributed by atoms with Gasteiger partial charge >= 0.3 is 0 Å². The molecule has 4 atom stereocenters. The van der Waals surface area contributed by atoms with Crippen LogP contribution >= 0.6 is 0 Å². The Bertz CT molecular complexity index is 1040. The van der Waals surface area contributed by atoms with Gasteiger partial charge in [-0.2, -0.15) is 0 Å². The molecule has 0 fully saturated rings. The van der Waals surface area contributed by atoms with E-state index in [2.05, 4.69) is 26.6 Å². The Morgan fingerprint density at radius 1 is 0.810 bits per heavy atom. The van der Waals surface area contributed by atoms with Crippen LogP contribution in [-0.2, 0) is 30.4 Å². The van der Waals surface area contributed by atoms with Gasteiger partial charge in [0.25, 0.3) is 0 Å². The number of carbonyl (C=O) groups is 5. The van der Waals surface area contributed by atoms with E-state index in [9.17, 15) is 24.0 Å². The molecule has 16 nitrogen and oxygen atoms in total. The Balaban J connectivity index is 3.08. The molecule has 0 saturated heterocycles. The molecule has 0 aromatic heterocycles. The molecule has 15 N–H and O–H groups in total. The van der Waals surface area contributed by atoms with E-state index in [4.69, 9.17) is 33.5 Å². The molecule has 0 radical (unpaired) electrons. The first kappa shape index (κ1) is 35.7. The van der Waals surface area contributed by atoms with Crippen LogP contribution in [0.2, 0.25) is 0 Å². The highest BCUT2D eigenvalue weighted by Gasteiger charge is 2.29. The minimum Gasteiger partial charge on any atom is -0.394 e. The zero-order valence-electron chi connectivity index (χ0n) is 23.6. The quantitative estimate of drug-likeness (QED) is 0.0396. The van der Waals surface area contributed by atoms with Gasteiger partial charge < -0.3 is 54.6 Å². The zero-order chi connectivity index (χ0) is 31.5. The van der Waals surface area contributed by atoms with Gasteiger partial charge in [-0.3, -0.25) is 29.4 Å². The molecule has 1 aromatic carbocycles. The van der Waals surface area contributed by atoms with E-state index in [0.717, 1.165) is 0 Å². The summed E-state index contributed by atoms with van der Waals surface area (Å²) in [7, 11) is 0. The maximum atomic E-state index is 13.4. The minimum atomic E-state index is -1.21. The first-order valence-corrected chi connectivity index (χ1v) is 13.6. The molecule has 0 bridgehead atoms. The Morgan fingerprint density at radius 2 is 1.43 bits per heavy atom. The fourth-order valence-corrected chi connectivity index (χ4v) is 3.81. The van der Waals surface area contributed by atoms with Crippen molar-refractivity contribution in [2.24, 2.45) is 22.9 Å². The molecule has 0 unspecified atom stereocenters. The number of nitrogens with two attached hydrogens (primary N) is 4. The molecule has 1 rings (SSSR count). The van der Waals surface area contributed by atoms with Crippen LogP contribution in [0.15, 0.2) is 30.3 Å². The van der Waals surface area contributed by atoms with Crippen LogP contribution in [0.4, 0.5) is 0 Å². The molecule has 0 aliphatic carbocycles. The van der Waals surface area contributed by atoms with E-state index in [0.29, 0.717) is 31.4 Å². The summed E-state index contributed by atoms with van der Waals surface area (Å²) in [6.07, 6.45) is 1.93. The van der Waals surface area contributed by atoms with Crippen LogP contribution in [-0.4, -0.2) is 91.0 Å². The van der Waals surface area contributed by atoms with Crippen LogP contribution in [0, 0.1) is 5.41 Å². The number of primary amides is 1. The Labute approximate surface area is 244 Å². The Hall–Kier alpha value is -4.28. The van der Waals surface area contributed by atoms with Crippen molar-refractivity contribution in [3.63, 3.8) is 0 Å². The second-order valence-corrected chi connectivity index (χ2v) is 9.61. The lowest BCUT2D eigenvalue weighted by atomic mass is 10.0. The highest BCUT2D eigenvalue weighted by atomic mass is 16.3. The largest absolute Gasteiger partial charge is 0.394 e. The number of rotatable bonds is 20. The second-order valence-electron chi connectivity index (χ2n) is 9.61. The van der Waals surface area contributed by atoms with Crippen molar-refractivity contribution in [3.8, 4) is 0 Å². The summed E-state index contributed by atoms with van der Waals surface area (Å²) in [4.78, 5) is 63.1. The van der Waals surface area contributed by atoms with Gasteiger partial charge in [-0.15, -0.1) is 0 Å². The van der Waals surface area contributed by atoms with E-state index in [1.807, 2.05) is 0 Å². The third-order valence-corrected chi connectivity index (χ3v) is 6.12.